The molecule has 1 fully saturated rings. The van der Waals surface area contributed by atoms with Crippen molar-refractivity contribution >= 4 is 16.1 Å². The molecular formula is C7H8BrFN2. The number of halogens is 2. The Labute approximate surface area is 72.7 Å². The van der Waals surface area contributed by atoms with E-state index in [-0.39, 0.29) is 5.95 Å². The Hall–Kier alpha value is -0.380. The molecule has 0 N–H and O–H groups in total. The molecule has 0 radical (unpaired) electrons. The lowest BCUT2D eigenvalue weighted by molar-refractivity contribution is 0.561. The smallest absolute Gasteiger partial charge is 0.184 e. The molecule has 2 nitrogen and oxygen atoms in total. The van der Waals surface area contributed by atoms with Gasteiger partial charge in [-0.15, -0.1) is 0 Å². The zero-order valence-corrected chi connectivity index (χ0v) is 7.73. The minimum Gasteiger partial charge on any atom is -0.184 e. The van der Waals surface area contributed by atoms with Crippen LogP contribution in [0.2, 0.25) is 0 Å². The van der Waals surface area contributed by atoms with Gasteiger partial charge in [0.05, 0.1) is 21.8 Å². The quantitative estimate of drug-likeness (QED) is 0.708. The molecule has 11 heavy (non-hydrogen) atoms. The monoisotopic (exact) mass is 218 g/mol. The zero-order chi connectivity index (χ0) is 8.01. The van der Waals surface area contributed by atoms with Gasteiger partial charge in [0.25, 0.3) is 0 Å². The van der Waals surface area contributed by atoms with E-state index in [9.17, 15) is 4.39 Å². The van der Waals surface area contributed by atoms with Crippen LogP contribution in [0.15, 0.2) is 0 Å². The van der Waals surface area contributed by atoms with Crippen molar-refractivity contribution in [3.8, 4) is 0 Å². The van der Waals surface area contributed by atoms with Crippen molar-refractivity contribution in [2.75, 3.05) is 0 Å². The second-order valence-electron chi connectivity index (χ2n) is 2.94. The normalized spacial score (nSPS) is 17.4. The summed E-state index contributed by atoms with van der Waals surface area (Å²) in [5.74, 6) is 0.246. The van der Waals surface area contributed by atoms with Gasteiger partial charge in [-0.1, -0.05) is 0 Å². The maximum absolute atomic E-state index is 13.0. The lowest BCUT2D eigenvalue weighted by Crippen LogP contribution is -1.85. The van der Waals surface area contributed by atoms with Gasteiger partial charge in [0.2, 0.25) is 5.95 Å². The molecule has 1 aliphatic rings. The fourth-order valence-electron chi connectivity index (χ4n) is 1.20. The molecule has 4 heteroatoms. The van der Waals surface area contributed by atoms with Gasteiger partial charge in [-0.3, -0.25) is 0 Å². The second-order valence-corrected chi connectivity index (χ2v) is 3.61. The maximum atomic E-state index is 13.0. The number of hydrogen-bond acceptors (Lipinski definition) is 1. The van der Waals surface area contributed by atoms with E-state index in [0.29, 0.717) is 11.5 Å². The average Bonchev–Trinajstić information content (AvgIpc) is 2.76. The van der Waals surface area contributed by atoms with Gasteiger partial charge in [0, 0.05) is 11.5 Å². The Morgan fingerprint density at radius 3 is 2.64 bits per heavy atom. The van der Waals surface area contributed by atoms with E-state index in [1.54, 1.807) is 6.92 Å². The van der Waals surface area contributed by atoms with Crippen LogP contribution < -0.4 is 0 Å². The number of hydrogen-bond donors (Lipinski definition) is 0. The van der Waals surface area contributed by atoms with Crippen LogP contribution in [-0.2, 0) is 0 Å². The molecule has 0 aliphatic heterocycles. The van der Waals surface area contributed by atoms with Crippen molar-refractivity contribution in [1.82, 2.24) is 8.81 Å². The SMILES string of the molecule is Cc1c(C2CC2)nn(Br)c1F. The molecule has 0 aromatic carbocycles. The molecule has 0 bridgehead atoms. The molecular weight excluding hydrogens is 211 g/mol. The van der Waals surface area contributed by atoms with Crippen LogP contribution >= 0.6 is 16.1 Å². The van der Waals surface area contributed by atoms with Crippen molar-refractivity contribution in [2.24, 2.45) is 0 Å². The number of nitrogens with zero attached hydrogens (tertiary/aromatic N) is 2. The van der Waals surface area contributed by atoms with Gasteiger partial charge in [-0.25, -0.2) is 0 Å². The molecule has 1 saturated carbocycles. The molecule has 2 rings (SSSR count). The van der Waals surface area contributed by atoms with Crippen molar-refractivity contribution in [3.63, 3.8) is 0 Å². The molecule has 0 amide bonds. The molecule has 1 aliphatic carbocycles. The van der Waals surface area contributed by atoms with Crippen LogP contribution in [0.25, 0.3) is 0 Å². The maximum Gasteiger partial charge on any atom is 0.225 e. The van der Waals surface area contributed by atoms with Crippen LogP contribution in [0.3, 0.4) is 0 Å². The van der Waals surface area contributed by atoms with Crippen LogP contribution in [-0.4, -0.2) is 8.81 Å². The Kier molecular flexibility index (Phi) is 1.52. The first-order valence-electron chi connectivity index (χ1n) is 3.61. The van der Waals surface area contributed by atoms with E-state index < -0.39 is 0 Å². The van der Waals surface area contributed by atoms with E-state index in [1.807, 2.05) is 0 Å². The Morgan fingerprint density at radius 1 is 1.64 bits per heavy atom. The van der Waals surface area contributed by atoms with Crippen molar-refractivity contribution in [3.05, 3.63) is 17.2 Å². The summed E-state index contributed by atoms with van der Waals surface area (Å²) in [5.41, 5.74) is 1.60. The highest BCUT2D eigenvalue weighted by Gasteiger charge is 2.29. The van der Waals surface area contributed by atoms with Crippen LogP contribution in [0.5, 0.6) is 0 Å². The lowest BCUT2D eigenvalue weighted by Gasteiger charge is -1.88. The first-order chi connectivity index (χ1) is 5.20. The molecule has 60 valence electrons. The van der Waals surface area contributed by atoms with Gasteiger partial charge in [-0.05, 0) is 19.8 Å². The first kappa shape index (κ1) is 7.28. The number of rotatable bonds is 1. The third-order valence-electron chi connectivity index (χ3n) is 2.02. The molecule has 0 saturated heterocycles. The summed E-state index contributed by atoms with van der Waals surface area (Å²) in [5, 5.41) is 4.03. The topological polar surface area (TPSA) is 17.8 Å². The summed E-state index contributed by atoms with van der Waals surface area (Å²) in [6, 6.07) is 0. The predicted molar refractivity (Wildman–Crippen MR) is 43.2 cm³/mol. The summed E-state index contributed by atoms with van der Waals surface area (Å²) in [6.07, 6.45) is 2.31. The highest BCUT2D eigenvalue weighted by molar-refractivity contribution is 9.08. The minimum absolute atomic E-state index is 0.271. The van der Waals surface area contributed by atoms with Crippen LogP contribution in [0, 0.1) is 12.9 Å². The molecule has 1 aromatic heterocycles. The molecule has 0 atom stereocenters. The molecule has 1 aromatic rings. The van der Waals surface area contributed by atoms with E-state index in [0.717, 1.165) is 22.2 Å². The lowest BCUT2D eigenvalue weighted by atomic mass is 10.2. The molecule has 0 spiro atoms. The van der Waals surface area contributed by atoms with Crippen molar-refractivity contribution < 1.29 is 4.39 Å². The third kappa shape index (κ3) is 1.09. The Balaban J connectivity index is 2.46. The molecule has 1 heterocycles. The Morgan fingerprint density at radius 2 is 2.27 bits per heavy atom. The summed E-state index contributed by atoms with van der Waals surface area (Å²) >= 11 is 2.99. The number of aromatic nitrogens is 2. The zero-order valence-electron chi connectivity index (χ0n) is 6.14. The van der Waals surface area contributed by atoms with E-state index in [4.69, 9.17) is 0 Å². The Bertz CT molecular complexity index is 291. The van der Waals surface area contributed by atoms with Gasteiger partial charge in [0.1, 0.15) is 0 Å². The molecule has 0 unspecified atom stereocenters. The first-order valence-corrected chi connectivity index (χ1v) is 4.32. The van der Waals surface area contributed by atoms with E-state index >= 15 is 0 Å². The van der Waals surface area contributed by atoms with Gasteiger partial charge in [0.15, 0.2) is 0 Å². The standard InChI is InChI=1S/C7H8BrFN2/c1-4-6(5-2-3-5)10-11(8)7(4)9/h5H,2-3H2,1H3. The summed E-state index contributed by atoms with van der Waals surface area (Å²) in [4.78, 5) is 0. The second kappa shape index (κ2) is 2.30. The van der Waals surface area contributed by atoms with Crippen LogP contribution in [0.1, 0.15) is 30.0 Å². The summed E-state index contributed by atoms with van der Waals surface area (Å²) in [7, 11) is 0. The van der Waals surface area contributed by atoms with Gasteiger partial charge in [-0.2, -0.15) is 13.2 Å². The highest BCUT2D eigenvalue weighted by Crippen LogP contribution is 2.41. The third-order valence-corrected chi connectivity index (χ3v) is 2.49. The van der Waals surface area contributed by atoms with E-state index in [2.05, 4.69) is 21.2 Å². The minimum atomic E-state index is -0.271. The fourth-order valence-corrected chi connectivity index (χ4v) is 1.64. The highest BCUT2D eigenvalue weighted by atomic mass is 79.9. The summed E-state index contributed by atoms with van der Waals surface area (Å²) in [6.45, 7) is 1.77. The van der Waals surface area contributed by atoms with E-state index in [1.165, 1.54) is 0 Å². The van der Waals surface area contributed by atoms with Gasteiger partial charge >= 0.3 is 0 Å². The van der Waals surface area contributed by atoms with Gasteiger partial charge < -0.3 is 0 Å². The summed E-state index contributed by atoms with van der Waals surface area (Å²) < 4.78 is 14.1. The van der Waals surface area contributed by atoms with Crippen molar-refractivity contribution in [2.45, 2.75) is 25.7 Å². The van der Waals surface area contributed by atoms with Crippen molar-refractivity contribution in [1.29, 1.82) is 0 Å². The predicted octanol–water partition coefficient (Wildman–Crippen LogP) is 2.37. The largest absolute Gasteiger partial charge is 0.225 e. The van der Waals surface area contributed by atoms with Crippen LogP contribution in [0.4, 0.5) is 4.39 Å². The average molecular weight is 219 g/mol. The fraction of sp³-hybridized carbons (Fsp3) is 0.571.